The fourth-order valence-electron chi connectivity index (χ4n) is 7.49. The van der Waals surface area contributed by atoms with E-state index in [1.807, 2.05) is 0 Å². The van der Waals surface area contributed by atoms with Gasteiger partial charge in [-0.05, 0) is 62.0 Å². The lowest BCUT2D eigenvalue weighted by Crippen LogP contribution is -2.70. The topological polar surface area (TPSA) is 83.8 Å². The number of carbonyl (C=O) groups excluding carboxylic acids is 2. The fraction of sp³-hybridized carbons (Fsp3) is 0.708. The molecule has 3 fully saturated rings. The predicted octanol–water partition coefficient (Wildman–Crippen LogP) is 4.13. The second-order valence-corrected chi connectivity index (χ2v) is 10.8. The van der Waals surface area contributed by atoms with Crippen molar-refractivity contribution < 1.29 is 33.3 Å². The number of allylic oxidation sites excluding steroid dienone is 4. The van der Waals surface area contributed by atoms with E-state index in [2.05, 4.69) is 0 Å². The second kappa shape index (κ2) is 7.16. The number of aliphatic hydroxyl groups is 2. The van der Waals surface area contributed by atoms with Crippen LogP contribution in [0, 0.1) is 28.6 Å². The Labute approximate surface area is 191 Å². The van der Waals surface area contributed by atoms with Gasteiger partial charge in [0.15, 0.2) is 17.1 Å². The lowest BCUT2D eigenvalue weighted by Gasteiger charge is -2.63. The molecule has 4 rings (SSSR count). The molecule has 5 nitrogen and oxygen atoms in total. The first-order valence-electron chi connectivity index (χ1n) is 11.2. The Morgan fingerprint density at radius 1 is 1.31 bits per heavy atom. The lowest BCUT2D eigenvalue weighted by atomic mass is 9.44. The van der Waals surface area contributed by atoms with Gasteiger partial charge in [-0.3, -0.25) is 9.59 Å². The lowest BCUT2D eigenvalue weighted by molar-refractivity contribution is -0.222. The molecule has 0 bridgehead atoms. The third-order valence-electron chi connectivity index (χ3n) is 9.05. The van der Waals surface area contributed by atoms with Gasteiger partial charge in [-0.1, -0.05) is 26.8 Å². The van der Waals surface area contributed by atoms with Crippen LogP contribution in [0.5, 0.6) is 0 Å². The van der Waals surface area contributed by atoms with Gasteiger partial charge in [0.2, 0.25) is 5.05 Å². The maximum Gasteiger partial charge on any atom is 0.306 e. The number of carbonyl (C=O) groups is 2. The summed E-state index contributed by atoms with van der Waals surface area (Å²) in [6.07, 6.45) is 0.733. The molecule has 32 heavy (non-hydrogen) atoms. The maximum absolute atomic E-state index is 17.1. The molecule has 0 radical (unpaired) electrons. The molecule has 4 aliphatic rings. The van der Waals surface area contributed by atoms with Crippen molar-refractivity contribution in [2.24, 2.45) is 28.6 Å². The Morgan fingerprint density at radius 2 is 1.97 bits per heavy atom. The number of fused-ring (bicyclic) bond motifs is 5. The minimum Gasteiger partial charge on any atom is -0.499 e. The molecule has 8 heteroatoms. The van der Waals surface area contributed by atoms with Crippen molar-refractivity contribution in [1.82, 2.24) is 0 Å². The molecule has 176 valence electrons. The molecule has 4 aliphatic carbocycles. The first-order chi connectivity index (χ1) is 14.8. The van der Waals surface area contributed by atoms with Gasteiger partial charge >= 0.3 is 5.97 Å². The molecule has 0 aromatic carbocycles. The standard InChI is InChI=1S/C24H30F2O5S/c1-5-19(29)31-24(20(30)32)12(2)8-14-15-10-17(25)16-9-13(27)6-7-21(16,3)23(15,26)18(28)11-22(14,24)4/h6-7,9,12,14-15,17-18,28H,5,8,10-11H2,1-4H3,(H,30,32)/t12-,14+,15+,17+,18-,21+,22+,23+,24-/m1/s1. The van der Waals surface area contributed by atoms with E-state index in [4.69, 9.17) is 17.0 Å². The van der Waals surface area contributed by atoms with E-state index in [0.29, 0.717) is 6.42 Å². The minimum atomic E-state index is -2.23. The number of aliphatic hydroxyl groups excluding tert-OH is 2. The van der Waals surface area contributed by atoms with Gasteiger partial charge in [-0.2, -0.15) is 0 Å². The molecule has 0 spiro atoms. The zero-order valence-electron chi connectivity index (χ0n) is 18.7. The van der Waals surface area contributed by atoms with E-state index < -0.39 is 68.9 Å². The normalized spacial score (nSPS) is 49.5. The molecule has 3 saturated carbocycles. The third kappa shape index (κ3) is 2.59. The summed E-state index contributed by atoms with van der Waals surface area (Å²) in [5, 5.41) is 21.4. The van der Waals surface area contributed by atoms with Gasteiger partial charge in [-0.25, -0.2) is 8.78 Å². The number of halogens is 2. The first-order valence-corrected chi connectivity index (χ1v) is 11.6. The van der Waals surface area contributed by atoms with Gasteiger partial charge in [0.1, 0.15) is 6.17 Å². The molecule has 0 aromatic heterocycles. The number of alkyl halides is 2. The molecule has 0 aliphatic heterocycles. The summed E-state index contributed by atoms with van der Waals surface area (Å²) in [5.74, 6) is -2.84. The molecular weight excluding hydrogens is 438 g/mol. The van der Waals surface area contributed by atoms with Crippen LogP contribution < -0.4 is 0 Å². The van der Waals surface area contributed by atoms with Crippen molar-refractivity contribution in [3.8, 4) is 0 Å². The van der Waals surface area contributed by atoms with Gasteiger partial charge in [0.25, 0.3) is 0 Å². The van der Waals surface area contributed by atoms with Crippen molar-refractivity contribution in [2.75, 3.05) is 0 Å². The number of hydrogen-bond donors (Lipinski definition) is 2. The number of esters is 1. The molecule has 0 saturated heterocycles. The Hall–Kier alpha value is -1.67. The molecular formula is C24H30F2O5S. The van der Waals surface area contributed by atoms with Crippen LogP contribution >= 0.6 is 12.2 Å². The summed E-state index contributed by atoms with van der Waals surface area (Å²) in [4.78, 5) is 24.3. The average Bonchev–Trinajstić information content (AvgIpc) is 2.93. The summed E-state index contributed by atoms with van der Waals surface area (Å²) in [5.41, 5.74) is -6.33. The zero-order valence-corrected chi connectivity index (χ0v) is 19.5. The van der Waals surface area contributed by atoms with E-state index in [-0.39, 0.29) is 24.8 Å². The Bertz CT molecular complexity index is 949. The van der Waals surface area contributed by atoms with E-state index >= 15 is 8.78 Å². The number of ketones is 1. The Kier molecular flexibility index (Phi) is 5.26. The summed E-state index contributed by atoms with van der Waals surface area (Å²) in [6.45, 7) is 6.68. The van der Waals surface area contributed by atoms with Crippen molar-refractivity contribution in [3.63, 3.8) is 0 Å². The number of rotatable bonds is 3. The van der Waals surface area contributed by atoms with E-state index in [9.17, 15) is 19.8 Å². The summed E-state index contributed by atoms with van der Waals surface area (Å²) in [7, 11) is 0. The highest BCUT2D eigenvalue weighted by Gasteiger charge is 2.77. The van der Waals surface area contributed by atoms with Crippen molar-refractivity contribution in [3.05, 3.63) is 23.8 Å². The van der Waals surface area contributed by atoms with Crippen LogP contribution in [0.2, 0.25) is 0 Å². The number of thiocarbonyl (C=S) groups is 1. The molecule has 2 N–H and O–H groups in total. The highest BCUT2D eigenvalue weighted by molar-refractivity contribution is 7.80. The third-order valence-corrected chi connectivity index (χ3v) is 9.35. The van der Waals surface area contributed by atoms with E-state index in [0.717, 1.165) is 6.08 Å². The highest BCUT2D eigenvalue weighted by atomic mass is 32.1. The maximum atomic E-state index is 17.1. The Balaban J connectivity index is 1.87. The molecule has 0 heterocycles. The van der Waals surface area contributed by atoms with Crippen molar-refractivity contribution in [1.29, 1.82) is 0 Å². The predicted molar refractivity (Wildman–Crippen MR) is 118 cm³/mol. The molecule has 9 atom stereocenters. The largest absolute Gasteiger partial charge is 0.499 e. The average molecular weight is 469 g/mol. The Morgan fingerprint density at radius 3 is 2.56 bits per heavy atom. The summed E-state index contributed by atoms with van der Waals surface area (Å²) < 4.78 is 38.4. The van der Waals surface area contributed by atoms with Crippen molar-refractivity contribution >= 4 is 29.0 Å². The van der Waals surface area contributed by atoms with Gasteiger partial charge in [0.05, 0.1) is 6.10 Å². The quantitative estimate of drug-likeness (QED) is 0.479. The van der Waals surface area contributed by atoms with E-state index in [1.54, 1.807) is 20.8 Å². The van der Waals surface area contributed by atoms with Crippen LogP contribution in [0.25, 0.3) is 0 Å². The van der Waals surface area contributed by atoms with Gasteiger partial charge < -0.3 is 14.9 Å². The molecule has 0 aromatic rings. The van der Waals surface area contributed by atoms with E-state index in [1.165, 1.54) is 19.1 Å². The zero-order chi connectivity index (χ0) is 23.9. The minimum absolute atomic E-state index is 0.0544. The summed E-state index contributed by atoms with van der Waals surface area (Å²) in [6, 6.07) is 0. The summed E-state index contributed by atoms with van der Waals surface area (Å²) >= 11 is 5.19. The van der Waals surface area contributed by atoms with Crippen LogP contribution in [0.15, 0.2) is 23.8 Å². The van der Waals surface area contributed by atoms with Crippen LogP contribution in [0.3, 0.4) is 0 Å². The van der Waals surface area contributed by atoms with Crippen LogP contribution in [-0.4, -0.2) is 50.6 Å². The second-order valence-electron chi connectivity index (χ2n) is 10.4. The monoisotopic (exact) mass is 468 g/mol. The fourth-order valence-corrected chi connectivity index (χ4v) is 7.97. The smallest absolute Gasteiger partial charge is 0.306 e. The van der Waals surface area contributed by atoms with Crippen LogP contribution in [0.1, 0.15) is 53.4 Å². The SMILES string of the molecule is CCC(=O)O[C@@]1(C(O)=S)[C@H](C)C[C@H]2[C@@H]3C[C@H](F)C4=CC(=O)C=C[C@]4(C)[C@@]3(F)[C@H](O)C[C@@]21C. The molecule has 0 amide bonds. The van der Waals surface area contributed by atoms with Gasteiger partial charge in [0, 0.05) is 29.1 Å². The first kappa shape index (κ1) is 23.5. The van der Waals surface area contributed by atoms with Crippen LogP contribution in [0.4, 0.5) is 8.78 Å². The molecule has 0 unspecified atom stereocenters. The van der Waals surface area contributed by atoms with Gasteiger partial charge in [-0.15, -0.1) is 0 Å². The van der Waals surface area contributed by atoms with Crippen molar-refractivity contribution in [2.45, 2.75) is 76.9 Å². The number of ether oxygens (including phenoxy) is 1. The van der Waals surface area contributed by atoms with Crippen LogP contribution in [-0.2, 0) is 14.3 Å². The number of hydrogen-bond acceptors (Lipinski definition) is 5. The highest BCUT2D eigenvalue weighted by Crippen LogP contribution is 2.71.